The lowest BCUT2D eigenvalue weighted by Gasteiger charge is -2.38. The van der Waals surface area contributed by atoms with Gasteiger partial charge in [0, 0.05) is 25.7 Å². The molecule has 18 heavy (non-hydrogen) atoms. The fourth-order valence-electron chi connectivity index (χ4n) is 2.56. The number of nitrogens with zero attached hydrogens (tertiary/aromatic N) is 1. The van der Waals surface area contributed by atoms with Crippen LogP contribution in [0.5, 0.6) is 0 Å². The van der Waals surface area contributed by atoms with Gasteiger partial charge in [-0.05, 0) is 24.1 Å². The molecule has 2 atom stereocenters. The Bertz CT molecular complexity index is 369. The van der Waals surface area contributed by atoms with Crippen LogP contribution in [-0.4, -0.2) is 37.2 Å². The van der Waals surface area contributed by atoms with Crippen LogP contribution in [0, 0.1) is 5.82 Å². The molecule has 1 saturated heterocycles. The molecule has 1 heterocycles. The van der Waals surface area contributed by atoms with Crippen LogP contribution in [0.4, 0.5) is 4.39 Å². The maximum Gasteiger partial charge on any atom is 0.123 e. The van der Waals surface area contributed by atoms with Gasteiger partial charge in [0.1, 0.15) is 5.82 Å². The van der Waals surface area contributed by atoms with Gasteiger partial charge in [0.25, 0.3) is 0 Å². The van der Waals surface area contributed by atoms with E-state index >= 15 is 0 Å². The van der Waals surface area contributed by atoms with Crippen molar-refractivity contribution >= 4 is 0 Å². The number of halogens is 1. The fourth-order valence-corrected chi connectivity index (χ4v) is 2.56. The van der Waals surface area contributed by atoms with Crippen molar-refractivity contribution in [2.24, 2.45) is 5.73 Å². The summed E-state index contributed by atoms with van der Waals surface area (Å²) < 4.78 is 18.5. The van der Waals surface area contributed by atoms with E-state index in [1.807, 2.05) is 12.1 Å². The van der Waals surface area contributed by atoms with Gasteiger partial charge in [-0.1, -0.05) is 19.1 Å². The minimum atomic E-state index is -0.185. The van der Waals surface area contributed by atoms with Crippen LogP contribution < -0.4 is 5.73 Å². The van der Waals surface area contributed by atoms with Gasteiger partial charge in [0.15, 0.2) is 0 Å². The molecule has 0 amide bonds. The molecule has 2 N–H and O–H groups in total. The summed E-state index contributed by atoms with van der Waals surface area (Å²) in [4.78, 5) is 2.38. The van der Waals surface area contributed by atoms with Crippen LogP contribution in [0.2, 0.25) is 0 Å². The number of benzene rings is 1. The zero-order valence-electron chi connectivity index (χ0n) is 10.8. The second-order valence-corrected chi connectivity index (χ2v) is 4.70. The van der Waals surface area contributed by atoms with Crippen molar-refractivity contribution in [1.82, 2.24) is 4.90 Å². The van der Waals surface area contributed by atoms with E-state index in [0.29, 0.717) is 12.6 Å². The summed E-state index contributed by atoms with van der Waals surface area (Å²) in [5.41, 5.74) is 6.83. The Balaban J connectivity index is 2.10. The Morgan fingerprint density at radius 2 is 2.17 bits per heavy atom. The third kappa shape index (κ3) is 3.07. The zero-order valence-corrected chi connectivity index (χ0v) is 10.8. The summed E-state index contributed by atoms with van der Waals surface area (Å²) in [5.74, 6) is -0.185. The molecule has 0 radical (unpaired) electrons. The number of nitrogens with two attached hydrogens (primary N) is 1. The molecule has 4 heteroatoms. The summed E-state index contributed by atoms with van der Waals surface area (Å²) in [5, 5.41) is 0. The predicted molar refractivity (Wildman–Crippen MR) is 69.8 cm³/mol. The molecule has 0 aliphatic carbocycles. The third-order valence-corrected chi connectivity index (χ3v) is 3.52. The van der Waals surface area contributed by atoms with E-state index in [0.717, 1.165) is 31.7 Å². The molecule has 1 aromatic carbocycles. The van der Waals surface area contributed by atoms with Crippen LogP contribution in [-0.2, 0) is 4.74 Å². The molecule has 0 aromatic heterocycles. The van der Waals surface area contributed by atoms with Crippen LogP contribution in [0.3, 0.4) is 0 Å². The third-order valence-electron chi connectivity index (χ3n) is 3.52. The standard InChI is InChI=1S/C14H21FN2O/c1-2-14(11-3-5-12(15)6-4-11)17-7-8-18-13(9-16)10-17/h3-6,13-14H,2,7-10,16H2,1H3. The Labute approximate surface area is 108 Å². The second kappa shape index (κ2) is 6.27. The Morgan fingerprint density at radius 3 is 2.78 bits per heavy atom. The number of rotatable bonds is 4. The van der Waals surface area contributed by atoms with E-state index < -0.39 is 0 Å². The largest absolute Gasteiger partial charge is 0.374 e. The van der Waals surface area contributed by atoms with Crippen LogP contribution in [0.15, 0.2) is 24.3 Å². The molecule has 0 spiro atoms. The highest BCUT2D eigenvalue weighted by atomic mass is 19.1. The van der Waals surface area contributed by atoms with Crippen molar-refractivity contribution in [2.45, 2.75) is 25.5 Å². The van der Waals surface area contributed by atoms with Crippen LogP contribution >= 0.6 is 0 Å². The highest BCUT2D eigenvalue weighted by molar-refractivity contribution is 5.20. The SMILES string of the molecule is CCC(c1ccc(F)cc1)N1CCOC(CN)C1. The molecule has 1 fully saturated rings. The number of hydrogen-bond acceptors (Lipinski definition) is 3. The molecule has 0 saturated carbocycles. The maximum atomic E-state index is 13.0. The van der Waals surface area contributed by atoms with Gasteiger partial charge < -0.3 is 10.5 Å². The summed E-state index contributed by atoms with van der Waals surface area (Å²) in [6.45, 7) is 5.19. The van der Waals surface area contributed by atoms with E-state index in [4.69, 9.17) is 10.5 Å². The first-order chi connectivity index (χ1) is 8.74. The smallest absolute Gasteiger partial charge is 0.123 e. The first-order valence-electron chi connectivity index (χ1n) is 6.55. The lowest BCUT2D eigenvalue weighted by molar-refractivity contribution is -0.0396. The molecule has 0 bridgehead atoms. The molecular formula is C14H21FN2O. The highest BCUT2D eigenvalue weighted by Gasteiger charge is 2.25. The van der Waals surface area contributed by atoms with Gasteiger partial charge in [0.2, 0.25) is 0 Å². The van der Waals surface area contributed by atoms with Crippen molar-refractivity contribution in [3.05, 3.63) is 35.6 Å². The van der Waals surface area contributed by atoms with E-state index in [1.54, 1.807) is 0 Å². The average molecular weight is 252 g/mol. The quantitative estimate of drug-likeness (QED) is 0.890. The first kappa shape index (κ1) is 13.5. The Morgan fingerprint density at radius 1 is 1.44 bits per heavy atom. The highest BCUT2D eigenvalue weighted by Crippen LogP contribution is 2.26. The van der Waals surface area contributed by atoms with Crippen molar-refractivity contribution in [1.29, 1.82) is 0 Å². The molecular weight excluding hydrogens is 231 g/mol. The molecule has 100 valence electrons. The monoisotopic (exact) mass is 252 g/mol. The van der Waals surface area contributed by atoms with Gasteiger partial charge in [-0.15, -0.1) is 0 Å². The molecule has 2 rings (SSSR count). The second-order valence-electron chi connectivity index (χ2n) is 4.70. The van der Waals surface area contributed by atoms with Crippen molar-refractivity contribution in [3.63, 3.8) is 0 Å². The lowest BCUT2D eigenvalue weighted by atomic mass is 10.0. The van der Waals surface area contributed by atoms with E-state index in [1.165, 1.54) is 12.1 Å². The summed E-state index contributed by atoms with van der Waals surface area (Å²) in [7, 11) is 0. The number of morpholine rings is 1. The number of hydrogen-bond donors (Lipinski definition) is 1. The predicted octanol–water partition coefficient (Wildman–Crippen LogP) is 1.94. The van der Waals surface area contributed by atoms with Crippen LogP contribution in [0.1, 0.15) is 24.9 Å². The van der Waals surface area contributed by atoms with E-state index in [2.05, 4.69) is 11.8 Å². The zero-order chi connectivity index (χ0) is 13.0. The molecule has 1 aromatic rings. The van der Waals surface area contributed by atoms with Gasteiger partial charge in [-0.25, -0.2) is 4.39 Å². The lowest BCUT2D eigenvalue weighted by Crippen LogP contribution is -2.46. The van der Waals surface area contributed by atoms with Gasteiger partial charge in [-0.2, -0.15) is 0 Å². The normalized spacial score (nSPS) is 22.9. The minimum Gasteiger partial charge on any atom is -0.374 e. The average Bonchev–Trinajstić information content (AvgIpc) is 2.42. The maximum absolute atomic E-state index is 13.0. The van der Waals surface area contributed by atoms with Gasteiger partial charge in [0.05, 0.1) is 12.7 Å². The molecule has 2 unspecified atom stereocenters. The van der Waals surface area contributed by atoms with E-state index in [-0.39, 0.29) is 11.9 Å². The van der Waals surface area contributed by atoms with Crippen molar-refractivity contribution < 1.29 is 9.13 Å². The molecule has 1 aliphatic rings. The first-order valence-corrected chi connectivity index (χ1v) is 6.55. The number of ether oxygens (including phenoxy) is 1. The summed E-state index contributed by atoms with van der Waals surface area (Å²) >= 11 is 0. The Hall–Kier alpha value is -0.970. The van der Waals surface area contributed by atoms with Crippen LogP contribution in [0.25, 0.3) is 0 Å². The van der Waals surface area contributed by atoms with E-state index in [9.17, 15) is 4.39 Å². The van der Waals surface area contributed by atoms with Crippen molar-refractivity contribution in [3.8, 4) is 0 Å². The molecule has 3 nitrogen and oxygen atoms in total. The summed E-state index contributed by atoms with van der Waals surface area (Å²) in [6.07, 6.45) is 1.12. The molecule has 1 aliphatic heterocycles. The van der Waals surface area contributed by atoms with Gasteiger partial charge >= 0.3 is 0 Å². The topological polar surface area (TPSA) is 38.5 Å². The van der Waals surface area contributed by atoms with Gasteiger partial charge in [-0.3, -0.25) is 4.90 Å². The Kier molecular flexibility index (Phi) is 4.69. The fraction of sp³-hybridized carbons (Fsp3) is 0.571. The minimum absolute atomic E-state index is 0.119. The van der Waals surface area contributed by atoms with Crippen molar-refractivity contribution in [2.75, 3.05) is 26.2 Å². The summed E-state index contributed by atoms with van der Waals surface area (Å²) in [6, 6.07) is 7.12.